The predicted octanol–water partition coefficient (Wildman–Crippen LogP) is 5.02. The predicted molar refractivity (Wildman–Crippen MR) is 140 cm³/mol. The van der Waals surface area contributed by atoms with Gasteiger partial charge in [-0.2, -0.15) is 0 Å². The zero-order valence-electron chi connectivity index (χ0n) is 21.0. The lowest BCUT2D eigenvalue weighted by molar-refractivity contribution is -0.127. The number of aryl methyl sites for hydroxylation is 2. The summed E-state index contributed by atoms with van der Waals surface area (Å²) in [6.45, 7) is 3.70. The Hall–Kier alpha value is -4.07. The van der Waals surface area contributed by atoms with Crippen molar-refractivity contribution in [1.29, 1.82) is 0 Å². The van der Waals surface area contributed by atoms with Gasteiger partial charge in [0.1, 0.15) is 23.9 Å². The molecule has 0 saturated heterocycles. The molecule has 1 aliphatic carbocycles. The fraction of sp³-hybridized carbons (Fsp3) is 0.310. The number of anilines is 1. The SMILES string of the molecule is Cc1ccc(N(C(=O)Cn2nnc3ccccc32)C(C(=O)NC2CCCC2)c2ccccc2F)c(C)c1. The molecule has 1 saturated carbocycles. The van der Waals surface area contributed by atoms with Crippen molar-refractivity contribution in [3.63, 3.8) is 0 Å². The van der Waals surface area contributed by atoms with Crippen molar-refractivity contribution >= 4 is 28.5 Å². The highest BCUT2D eigenvalue weighted by molar-refractivity contribution is 6.02. The molecule has 190 valence electrons. The third-order valence-electron chi connectivity index (χ3n) is 6.99. The van der Waals surface area contributed by atoms with Gasteiger partial charge in [-0.3, -0.25) is 14.5 Å². The average molecular weight is 500 g/mol. The maximum absolute atomic E-state index is 15.3. The van der Waals surface area contributed by atoms with Crippen LogP contribution in [0, 0.1) is 19.7 Å². The van der Waals surface area contributed by atoms with Crippen LogP contribution in [0.25, 0.3) is 11.0 Å². The third kappa shape index (κ3) is 5.09. The van der Waals surface area contributed by atoms with Crippen molar-refractivity contribution in [3.8, 4) is 0 Å². The lowest BCUT2D eigenvalue weighted by Crippen LogP contribution is -2.48. The quantitative estimate of drug-likeness (QED) is 0.387. The second-order valence-corrected chi connectivity index (χ2v) is 9.70. The van der Waals surface area contributed by atoms with Crippen molar-refractivity contribution in [2.24, 2.45) is 0 Å². The van der Waals surface area contributed by atoms with Crippen LogP contribution in [0.15, 0.2) is 66.7 Å². The Kier molecular flexibility index (Phi) is 6.99. The Balaban J connectivity index is 1.61. The molecule has 0 bridgehead atoms. The van der Waals surface area contributed by atoms with Crippen LogP contribution in [0.5, 0.6) is 0 Å². The van der Waals surface area contributed by atoms with Crippen molar-refractivity contribution in [2.75, 3.05) is 4.90 Å². The van der Waals surface area contributed by atoms with Crippen LogP contribution in [-0.4, -0.2) is 32.9 Å². The largest absolute Gasteiger partial charge is 0.351 e. The number of fused-ring (bicyclic) bond motifs is 1. The van der Waals surface area contributed by atoms with Crippen LogP contribution in [0.2, 0.25) is 0 Å². The van der Waals surface area contributed by atoms with E-state index in [9.17, 15) is 9.59 Å². The van der Waals surface area contributed by atoms with Crippen LogP contribution >= 0.6 is 0 Å². The van der Waals surface area contributed by atoms with Gasteiger partial charge in [-0.15, -0.1) is 5.10 Å². The van der Waals surface area contributed by atoms with E-state index in [1.807, 2.05) is 56.3 Å². The maximum Gasteiger partial charge on any atom is 0.249 e. The normalized spacial score (nSPS) is 14.6. The first-order chi connectivity index (χ1) is 17.9. The Morgan fingerprint density at radius 2 is 1.78 bits per heavy atom. The number of carbonyl (C=O) groups is 2. The molecule has 37 heavy (non-hydrogen) atoms. The molecule has 0 spiro atoms. The van der Waals surface area contributed by atoms with Gasteiger partial charge in [0.05, 0.1) is 5.52 Å². The molecule has 1 heterocycles. The summed E-state index contributed by atoms with van der Waals surface area (Å²) in [6.07, 6.45) is 3.82. The average Bonchev–Trinajstić information content (AvgIpc) is 3.54. The van der Waals surface area contributed by atoms with E-state index in [1.54, 1.807) is 18.2 Å². The van der Waals surface area contributed by atoms with Gasteiger partial charge in [-0.1, -0.05) is 66.1 Å². The van der Waals surface area contributed by atoms with E-state index < -0.39 is 23.7 Å². The summed E-state index contributed by atoms with van der Waals surface area (Å²) in [6, 6.07) is 18.0. The van der Waals surface area contributed by atoms with E-state index in [2.05, 4.69) is 15.6 Å². The molecule has 1 aromatic heterocycles. The van der Waals surface area contributed by atoms with Crippen LogP contribution < -0.4 is 10.2 Å². The highest BCUT2D eigenvalue weighted by Gasteiger charge is 2.36. The van der Waals surface area contributed by atoms with Gasteiger partial charge in [-0.25, -0.2) is 9.07 Å². The summed E-state index contributed by atoms with van der Waals surface area (Å²) >= 11 is 0. The summed E-state index contributed by atoms with van der Waals surface area (Å²) in [5.74, 6) is -1.32. The van der Waals surface area contributed by atoms with Crippen molar-refractivity contribution in [3.05, 3.63) is 89.2 Å². The molecular weight excluding hydrogens is 469 g/mol. The number of halogens is 1. The molecule has 0 aliphatic heterocycles. The molecule has 1 N–H and O–H groups in total. The number of nitrogens with zero attached hydrogens (tertiary/aromatic N) is 4. The number of nitrogens with one attached hydrogen (secondary N) is 1. The molecule has 7 nitrogen and oxygen atoms in total. The number of aromatic nitrogens is 3. The van der Waals surface area contributed by atoms with Crippen LogP contribution in [0.1, 0.15) is 48.4 Å². The molecule has 1 unspecified atom stereocenters. The summed E-state index contributed by atoms with van der Waals surface area (Å²) in [5.41, 5.74) is 3.90. The zero-order chi connectivity index (χ0) is 25.9. The first-order valence-electron chi connectivity index (χ1n) is 12.6. The number of benzene rings is 3. The lowest BCUT2D eigenvalue weighted by Gasteiger charge is -2.33. The Bertz CT molecular complexity index is 1440. The lowest BCUT2D eigenvalue weighted by atomic mass is 10.00. The number of hydrogen-bond donors (Lipinski definition) is 1. The van der Waals surface area contributed by atoms with Crippen molar-refractivity contribution in [2.45, 2.75) is 58.2 Å². The second kappa shape index (κ2) is 10.5. The second-order valence-electron chi connectivity index (χ2n) is 9.70. The zero-order valence-corrected chi connectivity index (χ0v) is 21.0. The minimum atomic E-state index is -1.19. The molecule has 3 aromatic carbocycles. The van der Waals surface area contributed by atoms with E-state index >= 15 is 4.39 Å². The number of para-hydroxylation sites is 1. The van der Waals surface area contributed by atoms with Gasteiger partial charge in [0.15, 0.2) is 0 Å². The number of carbonyl (C=O) groups excluding carboxylic acids is 2. The van der Waals surface area contributed by atoms with E-state index in [0.717, 1.165) is 36.8 Å². The molecule has 8 heteroatoms. The summed E-state index contributed by atoms with van der Waals surface area (Å²) in [7, 11) is 0. The number of amides is 2. The Morgan fingerprint density at radius 3 is 2.54 bits per heavy atom. The highest BCUT2D eigenvalue weighted by Crippen LogP contribution is 2.33. The molecule has 0 radical (unpaired) electrons. The van der Waals surface area contributed by atoms with Gasteiger partial charge in [-0.05, 0) is 56.5 Å². The fourth-order valence-electron chi connectivity index (χ4n) is 5.18. The van der Waals surface area contributed by atoms with Gasteiger partial charge in [0.25, 0.3) is 0 Å². The summed E-state index contributed by atoms with van der Waals surface area (Å²) in [5, 5.41) is 11.4. The van der Waals surface area contributed by atoms with Gasteiger partial charge in [0, 0.05) is 17.3 Å². The van der Waals surface area contributed by atoms with Gasteiger partial charge in [0.2, 0.25) is 11.8 Å². The van der Waals surface area contributed by atoms with E-state index in [4.69, 9.17) is 0 Å². The molecule has 1 atom stereocenters. The van der Waals surface area contributed by atoms with E-state index in [0.29, 0.717) is 16.7 Å². The minimum Gasteiger partial charge on any atom is -0.351 e. The van der Waals surface area contributed by atoms with Crippen molar-refractivity contribution < 1.29 is 14.0 Å². The summed E-state index contributed by atoms with van der Waals surface area (Å²) in [4.78, 5) is 29.4. The van der Waals surface area contributed by atoms with E-state index in [-0.39, 0.29) is 18.2 Å². The molecular formula is C29H30FN5O2. The van der Waals surface area contributed by atoms with Crippen LogP contribution in [-0.2, 0) is 16.1 Å². The van der Waals surface area contributed by atoms with E-state index in [1.165, 1.54) is 15.6 Å². The number of hydrogen-bond acceptors (Lipinski definition) is 4. The van der Waals surface area contributed by atoms with Crippen LogP contribution in [0.4, 0.5) is 10.1 Å². The smallest absolute Gasteiger partial charge is 0.249 e. The molecule has 2 amide bonds. The fourth-order valence-corrected chi connectivity index (χ4v) is 5.18. The van der Waals surface area contributed by atoms with Gasteiger partial charge >= 0.3 is 0 Å². The van der Waals surface area contributed by atoms with Crippen LogP contribution in [0.3, 0.4) is 0 Å². The summed E-state index contributed by atoms with van der Waals surface area (Å²) < 4.78 is 16.8. The number of rotatable bonds is 7. The maximum atomic E-state index is 15.3. The monoisotopic (exact) mass is 499 g/mol. The standard InChI is InChI=1S/C29H30FN5O2/c1-19-15-16-25(20(2)17-19)35(27(36)18-34-26-14-8-7-13-24(26)32-33-34)28(22-11-5-6-12-23(22)30)29(37)31-21-9-3-4-10-21/h5-8,11-17,21,28H,3-4,9-10,18H2,1-2H3,(H,31,37). The minimum absolute atomic E-state index is 0.0112. The molecule has 4 aromatic rings. The highest BCUT2D eigenvalue weighted by atomic mass is 19.1. The molecule has 5 rings (SSSR count). The Labute approximate surface area is 215 Å². The van der Waals surface area contributed by atoms with Gasteiger partial charge < -0.3 is 5.32 Å². The molecule has 1 aliphatic rings. The topological polar surface area (TPSA) is 80.1 Å². The molecule has 1 fully saturated rings. The first kappa shape index (κ1) is 24.6. The first-order valence-corrected chi connectivity index (χ1v) is 12.6. The third-order valence-corrected chi connectivity index (χ3v) is 6.99. The van der Waals surface area contributed by atoms with Crippen molar-refractivity contribution in [1.82, 2.24) is 20.3 Å². The Morgan fingerprint density at radius 1 is 1.05 bits per heavy atom.